The van der Waals surface area contributed by atoms with Gasteiger partial charge >= 0.3 is 0 Å². The van der Waals surface area contributed by atoms with Crippen molar-refractivity contribution in [1.82, 2.24) is 4.98 Å². The van der Waals surface area contributed by atoms with Crippen molar-refractivity contribution in [2.45, 2.75) is 12.8 Å². The number of para-hydroxylation sites is 2. The molecule has 0 saturated heterocycles. The van der Waals surface area contributed by atoms with Crippen LogP contribution in [0.15, 0.2) is 78.9 Å². The number of hydrogen-bond donors (Lipinski definition) is 3. The zero-order valence-electron chi connectivity index (χ0n) is 16.1. The molecule has 0 spiro atoms. The predicted octanol–water partition coefficient (Wildman–Crippen LogP) is 5.64. The molecular weight excluding hydrogens is 398 g/mol. The third-order valence-electron chi connectivity index (χ3n) is 4.79. The van der Waals surface area contributed by atoms with Crippen molar-refractivity contribution in [3.8, 4) is 0 Å². The molecule has 3 N–H and O–H groups in total. The maximum atomic E-state index is 12.9. The fraction of sp³-hybridized carbons (Fsp3) is 0.0833. The van der Waals surface area contributed by atoms with E-state index in [0.29, 0.717) is 22.8 Å². The minimum Gasteiger partial charge on any atom is -0.350 e. The van der Waals surface area contributed by atoms with Gasteiger partial charge in [0.15, 0.2) is 0 Å². The Kier molecular flexibility index (Phi) is 5.82. The number of halogens is 1. The first-order valence-corrected chi connectivity index (χ1v) is 9.99. The Bertz CT molecular complexity index is 1190. The SMILES string of the molecule is O=C(CCc1c(C(=O)Nc2ccccc2)[nH]c2ccc(Cl)cc12)Nc1ccccc1. The Balaban J connectivity index is 1.58. The van der Waals surface area contributed by atoms with E-state index in [4.69, 9.17) is 11.6 Å². The van der Waals surface area contributed by atoms with Crippen LogP contribution in [-0.4, -0.2) is 16.8 Å². The number of fused-ring (bicyclic) bond motifs is 1. The Morgan fingerprint density at radius 2 is 1.47 bits per heavy atom. The third kappa shape index (κ3) is 4.53. The lowest BCUT2D eigenvalue weighted by molar-refractivity contribution is -0.116. The van der Waals surface area contributed by atoms with Crippen LogP contribution in [0.25, 0.3) is 10.9 Å². The van der Waals surface area contributed by atoms with Crippen LogP contribution in [0, 0.1) is 0 Å². The highest BCUT2D eigenvalue weighted by Crippen LogP contribution is 2.27. The van der Waals surface area contributed by atoms with Gasteiger partial charge < -0.3 is 15.6 Å². The lowest BCUT2D eigenvalue weighted by atomic mass is 10.0. The lowest BCUT2D eigenvalue weighted by Crippen LogP contribution is -2.16. The summed E-state index contributed by atoms with van der Waals surface area (Å²) in [6, 6.07) is 24.0. The maximum absolute atomic E-state index is 12.9. The van der Waals surface area contributed by atoms with E-state index in [1.54, 1.807) is 6.07 Å². The van der Waals surface area contributed by atoms with Crippen LogP contribution >= 0.6 is 11.6 Å². The summed E-state index contributed by atoms with van der Waals surface area (Å²) < 4.78 is 0. The monoisotopic (exact) mass is 417 g/mol. The molecule has 0 aliphatic heterocycles. The zero-order chi connectivity index (χ0) is 20.9. The van der Waals surface area contributed by atoms with Crippen molar-refractivity contribution >= 4 is 45.7 Å². The van der Waals surface area contributed by atoms with Crippen LogP contribution in [0.2, 0.25) is 5.02 Å². The number of anilines is 2. The summed E-state index contributed by atoms with van der Waals surface area (Å²) in [4.78, 5) is 28.6. The number of aryl methyl sites for hydroxylation is 1. The highest BCUT2D eigenvalue weighted by Gasteiger charge is 2.19. The Morgan fingerprint density at radius 1 is 0.833 bits per heavy atom. The minimum absolute atomic E-state index is 0.119. The Labute approximate surface area is 179 Å². The molecule has 3 aromatic carbocycles. The second kappa shape index (κ2) is 8.84. The van der Waals surface area contributed by atoms with Crippen LogP contribution < -0.4 is 10.6 Å². The number of aromatic nitrogens is 1. The van der Waals surface area contributed by atoms with E-state index in [-0.39, 0.29) is 18.2 Å². The smallest absolute Gasteiger partial charge is 0.272 e. The second-order valence-corrected chi connectivity index (χ2v) is 7.34. The van der Waals surface area contributed by atoms with Gasteiger partial charge in [0.05, 0.1) is 0 Å². The second-order valence-electron chi connectivity index (χ2n) is 6.90. The lowest BCUT2D eigenvalue weighted by Gasteiger charge is -2.08. The van der Waals surface area contributed by atoms with E-state index >= 15 is 0 Å². The summed E-state index contributed by atoms with van der Waals surface area (Å²) in [6.45, 7) is 0. The van der Waals surface area contributed by atoms with Gasteiger partial charge in [0.2, 0.25) is 5.91 Å². The predicted molar refractivity (Wildman–Crippen MR) is 121 cm³/mol. The van der Waals surface area contributed by atoms with Gasteiger partial charge in [-0.3, -0.25) is 9.59 Å². The molecule has 150 valence electrons. The molecule has 1 aromatic heterocycles. The highest BCUT2D eigenvalue weighted by molar-refractivity contribution is 6.31. The molecule has 0 atom stereocenters. The van der Waals surface area contributed by atoms with E-state index < -0.39 is 0 Å². The fourth-order valence-electron chi connectivity index (χ4n) is 3.37. The van der Waals surface area contributed by atoms with Crippen molar-refractivity contribution in [1.29, 1.82) is 0 Å². The van der Waals surface area contributed by atoms with E-state index in [9.17, 15) is 9.59 Å². The van der Waals surface area contributed by atoms with Crippen molar-refractivity contribution in [2.24, 2.45) is 0 Å². The fourth-order valence-corrected chi connectivity index (χ4v) is 3.54. The summed E-state index contributed by atoms with van der Waals surface area (Å²) >= 11 is 6.19. The first-order valence-electron chi connectivity index (χ1n) is 9.61. The molecule has 2 amide bonds. The Morgan fingerprint density at radius 3 is 2.13 bits per heavy atom. The van der Waals surface area contributed by atoms with Crippen LogP contribution in [0.5, 0.6) is 0 Å². The van der Waals surface area contributed by atoms with Gasteiger partial charge in [-0.05, 0) is 54.4 Å². The molecule has 6 heteroatoms. The number of amides is 2. The quantitative estimate of drug-likeness (QED) is 0.379. The molecule has 5 nitrogen and oxygen atoms in total. The van der Waals surface area contributed by atoms with Crippen molar-refractivity contribution in [3.05, 3.63) is 95.1 Å². The van der Waals surface area contributed by atoms with E-state index in [1.165, 1.54) is 0 Å². The first kappa shape index (κ1) is 19.7. The number of benzene rings is 3. The van der Waals surface area contributed by atoms with Crippen molar-refractivity contribution in [2.75, 3.05) is 10.6 Å². The van der Waals surface area contributed by atoms with Gasteiger partial charge in [-0.2, -0.15) is 0 Å². The summed E-state index contributed by atoms with van der Waals surface area (Å²) in [5, 5.41) is 7.19. The first-order chi connectivity index (χ1) is 14.6. The van der Waals surface area contributed by atoms with E-state index in [1.807, 2.05) is 72.8 Å². The van der Waals surface area contributed by atoms with Gasteiger partial charge in [-0.15, -0.1) is 0 Å². The molecule has 30 heavy (non-hydrogen) atoms. The number of carbonyl (C=O) groups is 2. The number of nitrogens with one attached hydrogen (secondary N) is 3. The minimum atomic E-state index is -0.257. The molecule has 0 aliphatic rings. The summed E-state index contributed by atoms with van der Waals surface area (Å²) in [7, 11) is 0. The molecule has 4 rings (SSSR count). The van der Waals surface area contributed by atoms with Crippen molar-refractivity contribution in [3.63, 3.8) is 0 Å². The summed E-state index contributed by atoms with van der Waals surface area (Å²) in [5.41, 5.74) is 3.45. The number of H-pyrrole nitrogens is 1. The Hall–Kier alpha value is -3.57. The van der Waals surface area contributed by atoms with Gasteiger partial charge in [-0.1, -0.05) is 48.0 Å². The number of rotatable bonds is 6. The van der Waals surface area contributed by atoms with Crippen LogP contribution in [0.1, 0.15) is 22.5 Å². The van der Waals surface area contributed by atoms with Gasteiger partial charge in [0.1, 0.15) is 5.69 Å². The molecule has 1 heterocycles. The van der Waals surface area contributed by atoms with Crippen LogP contribution in [0.4, 0.5) is 11.4 Å². The maximum Gasteiger partial charge on any atom is 0.272 e. The molecule has 0 saturated carbocycles. The summed E-state index contributed by atoms with van der Waals surface area (Å²) in [5.74, 6) is -0.376. The normalized spacial score (nSPS) is 10.7. The zero-order valence-corrected chi connectivity index (χ0v) is 16.9. The standard InChI is InChI=1S/C24H20ClN3O2/c25-16-11-13-21-20(15-16)19(12-14-22(29)26-17-7-3-1-4-8-17)23(28-21)24(30)27-18-9-5-2-6-10-18/h1-11,13,15,28H,12,14H2,(H,26,29)(H,27,30). The van der Waals surface area contributed by atoms with Gasteiger partial charge in [0.25, 0.3) is 5.91 Å². The van der Waals surface area contributed by atoms with Crippen molar-refractivity contribution < 1.29 is 9.59 Å². The van der Waals surface area contributed by atoms with E-state index in [0.717, 1.165) is 22.2 Å². The van der Waals surface area contributed by atoms with Gasteiger partial charge in [-0.25, -0.2) is 0 Å². The van der Waals surface area contributed by atoms with E-state index in [2.05, 4.69) is 15.6 Å². The third-order valence-corrected chi connectivity index (χ3v) is 5.02. The molecular formula is C24H20ClN3O2. The largest absolute Gasteiger partial charge is 0.350 e. The molecule has 0 bridgehead atoms. The molecule has 0 aliphatic carbocycles. The summed E-state index contributed by atoms with van der Waals surface area (Å²) in [6.07, 6.45) is 0.635. The molecule has 0 fully saturated rings. The number of aromatic amines is 1. The molecule has 4 aromatic rings. The number of hydrogen-bond acceptors (Lipinski definition) is 2. The topological polar surface area (TPSA) is 74.0 Å². The van der Waals surface area contributed by atoms with Crippen LogP contribution in [-0.2, 0) is 11.2 Å². The number of carbonyl (C=O) groups excluding carboxylic acids is 2. The average Bonchev–Trinajstić information content (AvgIpc) is 3.11. The molecule has 0 unspecified atom stereocenters. The van der Waals surface area contributed by atoms with Crippen LogP contribution in [0.3, 0.4) is 0 Å². The van der Waals surface area contributed by atoms with Gasteiger partial charge in [0, 0.05) is 33.7 Å². The highest BCUT2D eigenvalue weighted by atomic mass is 35.5. The average molecular weight is 418 g/mol. The molecule has 0 radical (unpaired) electrons.